The lowest BCUT2D eigenvalue weighted by atomic mass is 10.2. The number of rotatable bonds is 5. The third kappa shape index (κ3) is 5.14. The molecular formula is C20H22ClN3O4S. The molecule has 0 atom stereocenters. The minimum Gasteiger partial charge on any atom is -0.326 e. The minimum absolute atomic E-state index is 0.0509. The van der Waals surface area contributed by atoms with Crippen molar-refractivity contribution in [3.8, 4) is 0 Å². The maximum absolute atomic E-state index is 12.9. The molecule has 9 heteroatoms. The van der Waals surface area contributed by atoms with Gasteiger partial charge in [-0.15, -0.1) is 0 Å². The SMILES string of the molecule is CC(=O)Nc1ccc(NC(=O)c2cc(S(=O)(=O)N3CCCCC3)ccc2Cl)cc1. The molecule has 2 aromatic carbocycles. The minimum atomic E-state index is -3.67. The average Bonchev–Trinajstić information content (AvgIpc) is 2.70. The molecule has 2 aromatic rings. The van der Waals surface area contributed by atoms with Crippen molar-refractivity contribution in [3.05, 3.63) is 53.1 Å². The van der Waals surface area contributed by atoms with Gasteiger partial charge in [0.25, 0.3) is 5.91 Å². The molecule has 1 aliphatic rings. The van der Waals surface area contributed by atoms with Crippen LogP contribution in [-0.2, 0) is 14.8 Å². The van der Waals surface area contributed by atoms with Gasteiger partial charge >= 0.3 is 0 Å². The standard InChI is InChI=1S/C20H22ClN3O4S/c1-14(25)22-15-5-7-16(8-6-15)23-20(26)18-13-17(9-10-19(18)21)29(27,28)24-11-3-2-4-12-24/h5-10,13H,2-4,11-12H2,1H3,(H,22,25)(H,23,26). The lowest BCUT2D eigenvalue weighted by Crippen LogP contribution is -2.35. The number of anilines is 2. The van der Waals surface area contributed by atoms with E-state index < -0.39 is 15.9 Å². The third-order valence-electron chi connectivity index (χ3n) is 4.60. The predicted octanol–water partition coefficient (Wildman–Crippen LogP) is 3.73. The van der Waals surface area contributed by atoms with Gasteiger partial charge < -0.3 is 10.6 Å². The molecule has 1 heterocycles. The molecule has 7 nitrogen and oxygen atoms in total. The molecular weight excluding hydrogens is 414 g/mol. The van der Waals surface area contributed by atoms with Crippen LogP contribution in [0.5, 0.6) is 0 Å². The van der Waals surface area contributed by atoms with E-state index in [9.17, 15) is 18.0 Å². The summed E-state index contributed by atoms with van der Waals surface area (Å²) in [6.07, 6.45) is 2.67. The summed E-state index contributed by atoms with van der Waals surface area (Å²) in [5.74, 6) is -0.710. The van der Waals surface area contributed by atoms with E-state index in [1.807, 2.05) is 0 Å². The smallest absolute Gasteiger partial charge is 0.257 e. The van der Waals surface area contributed by atoms with Crippen molar-refractivity contribution in [1.82, 2.24) is 4.31 Å². The summed E-state index contributed by atoms with van der Waals surface area (Å²) in [5, 5.41) is 5.49. The monoisotopic (exact) mass is 435 g/mol. The second-order valence-corrected chi connectivity index (χ2v) is 9.16. The van der Waals surface area contributed by atoms with E-state index in [-0.39, 0.29) is 21.4 Å². The fourth-order valence-electron chi connectivity index (χ4n) is 3.13. The van der Waals surface area contributed by atoms with Gasteiger partial charge in [0.15, 0.2) is 0 Å². The van der Waals surface area contributed by atoms with Crippen LogP contribution in [0.3, 0.4) is 0 Å². The Hall–Kier alpha value is -2.42. The van der Waals surface area contributed by atoms with Crippen LogP contribution in [0.4, 0.5) is 11.4 Å². The third-order valence-corrected chi connectivity index (χ3v) is 6.82. The topological polar surface area (TPSA) is 95.6 Å². The van der Waals surface area contributed by atoms with Gasteiger partial charge in [-0.1, -0.05) is 18.0 Å². The van der Waals surface area contributed by atoms with E-state index in [0.717, 1.165) is 19.3 Å². The molecule has 0 bridgehead atoms. The van der Waals surface area contributed by atoms with Gasteiger partial charge in [0.05, 0.1) is 15.5 Å². The first-order valence-electron chi connectivity index (χ1n) is 9.26. The van der Waals surface area contributed by atoms with E-state index in [1.165, 1.54) is 29.4 Å². The maximum atomic E-state index is 12.9. The molecule has 154 valence electrons. The van der Waals surface area contributed by atoms with E-state index in [4.69, 9.17) is 11.6 Å². The highest BCUT2D eigenvalue weighted by Crippen LogP contribution is 2.26. The van der Waals surface area contributed by atoms with Crippen LogP contribution < -0.4 is 10.6 Å². The predicted molar refractivity (Wildman–Crippen MR) is 113 cm³/mol. The van der Waals surface area contributed by atoms with Crippen LogP contribution in [0.25, 0.3) is 0 Å². The molecule has 3 rings (SSSR count). The van der Waals surface area contributed by atoms with E-state index in [2.05, 4.69) is 10.6 Å². The number of hydrogen-bond donors (Lipinski definition) is 2. The van der Waals surface area contributed by atoms with Crippen LogP contribution in [0.2, 0.25) is 5.02 Å². The number of hydrogen-bond acceptors (Lipinski definition) is 4. The summed E-state index contributed by atoms with van der Waals surface area (Å²) in [6, 6.07) is 10.7. The Morgan fingerprint density at radius 1 is 0.931 bits per heavy atom. The second kappa shape index (κ2) is 8.94. The number of nitrogens with one attached hydrogen (secondary N) is 2. The molecule has 0 unspecified atom stereocenters. The number of amides is 2. The molecule has 0 spiro atoms. The molecule has 2 amide bonds. The fourth-order valence-corrected chi connectivity index (χ4v) is 4.88. The summed E-state index contributed by atoms with van der Waals surface area (Å²) in [6.45, 7) is 2.36. The number of halogens is 1. The number of piperidine rings is 1. The molecule has 0 radical (unpaired) electrons. The van der Waals surface area contributed by atoms with Crippen LogP contribution >= 0.6 is 11.6 Å². The molecule has 29 heavy (non-hydrogen) atoms. The Morgan fingerprint density at radius 3 is 2.10 bits per heavy atom. The maximum Gasteiger partial charge on any atom is 0.257 e. The molecule has 0 aliphatic carbocycles. The molecule has 0 saturated carbocycles. The fraction of sp³-hybridized carbons (Fsp3) is 0.300. The van der Waals surface area contributed by atoms with Crippen molar-refractivity contribution >= 4 is 44.8 Å². The lowest BCUT2D eigenvalue weighted by molar-refractivity contribution is -0.114. The van der Waals surface area contributed by atoms with Gasteiger partial charge in [0.1, 0.15) is 0 Å². The van der Waals surface area contributed by atoms with E-state index >= 15 is 0 Å². The Kier molecular flexibility index (Phi) is 6.56. The molecule has 0 aromatic heterocycles. The Morgan fingerprint density at radius 2 is 1.52 bits per heavy atom. The van der Waals surface area contributed by atoms with E-state index in [1.54, 1.807) is 24.3 Å². The lowest BCUT2D eigenvalue weighted by Gasteiger charge is -2.26. The van der Waals surface area contributed by atoms with Gasteiger partial charge in [-0.2, -0.15) is 4.31 Å². The highest BCUT2D eigenvalue weighted by Gasteiger charge is 2.27. The Bertz CT molecular complexity index is 1020. The zero-order valence-corrected chi connectivity index (χ0v) is 17.5. The molecule has 1 saturated heterocycles. The number of benzene rings is 2. The van der Waals surface area contributed by atoms with Crippen LogP contribution in [0.1, 0.15) is 36.5 Å². The summed E-state index contributed by atoms with van der Waals surface area (Å²) in [5.41, 5.74) is 1.17. The van der Waals surface area contributed by atoms with Crippen molar-refractivity contribution < 1.29 is 18.0 Å². The Labute approximate surface area is 175 Å². The zero-order chi connectivity index (χ0) is 21.0. The van der Waals surface area contributed by atoms with Crippen LogP contribution in [0.15, 0.2) is 47.4 Å². The Balaban J connectivity index is 1.80. The molecule has 2 N–H and O–H groups in total. The van der Waals surface area contributed by atoms with Crippen molar-refractivity contribution in [3.63, 3.8) is 0 Å². The first-order chi connectivity index (χ1) is 13.8. The van der Waals surface area contributed by atoms with Gasteiger partial charge in [0, 0.05) is 31.4 Å². The number of sulfonamides is 1. The second-order valence-electron chi connectivity index (χ2n) is 6.82. The van der Waals surface area contributed by atoms with Gasteiger partial charge in [0.2, 0.25) is 15.9 Å². The summed E-state index contributed by atoms with van der Waals surface area (Å²) >= 11 is 6.16. The molecule has 1 aliphatic heterocycles. The van der Waals surface area contributed by atoms with Gasteiger partial charge in [-0.25, -0.2) is 8.42 Å². The first-order valence-corrected chi connectivity index (χ1v) is 11.1. The quantitative estimate of drug-likeness (QED) is 0.748. The van der Waals surface area contributed by atoms with Gasteiger partial charge in [-0.3, -0.25) is 9.59 Å². The van der Waals surface area contributed by atoms with Crippen molar-refractivity contribution in [2.75, 3.05) is 23.7 Å². The number of carbonyl (C=O) groups excluding carboxylic acids is 2. The first kappa shape index (κ1) is 21.3. The van der Waals surface area contributed by atoms with Crippen molar-refractivity contribution in [2.24, 2.45) is 0 Å². The van der Waals surface area contributed by atoms with Crippen molar-refractivity contribution in [2.45, 2.75) is 31.1 Å². The highest BCUT2D eigenvalue weighted by atomic mass is 35.5. The van der Waals surface area contributed by atoms with Crippen molar-refractivity contribution in [1.29, 1.82) is 0 Å². The summed E-state index contributed by atoms with van der Waals surface area (Å²) in [7, 11) is -3.67. The van der Waals surface area contributed by atoms with Crippen LogP contribution in [-0.4, -0.2) is 37.6 Å². The van der Waals surface area contributed by atoms with Gasteiger partial charge in [-0.05, 0) is 55.3 Å². The average molecular weight is 436 g/mol. The summed E-state index contributed by atoms with van der Waals surface area (Å²) < 4.78 is 27.2. The largest absolute Gasteiger partial charge is 0.326 e. The van der Waals surface area contributed by atoms with Crippen LogP contribution in [0, 0.1) is 0 Å². The number of carbonyl (C=O) groups is 2. The van der Waals surface area contributed by atoms with E-state index in [0.29, 0.717) is 24.5 Å². The normalized spacial score (nSPS) is 15.0. The summed E-state index contributed by atoms with van der Waals surface area (Å²) in [4.78, 5) is 23.8. The zero-order valence-electron chi connectivity index (χ0n) is 15.9. The highest BCUT2D eigenvalue weighted by molar-refractivity contribution is 7.89. The molecule has 1 fully saturated rings. The number of nitrogens with zero attached hydrogens (tertiary/aromatic N) is 1.